The maximum atomic E-state index is 13.7. The van der Waals surface area contributed by atoms with Crippen molar-refractivity contribution in [1.29, 1.82) is 0 Å². The molecule has 0 saturated carbocycles. The van der Waals surface area contributed by atoms with Crippen molar-refractivity contribution in [2.24, 2.45) is 11.1 Å². The van der Waals surface area contributed by atoms with Gasteiger partial charge in [-0.1, -0.05) is 32.9 Å². The summed E-state index contributed by atoms with van der Waals surface area (Å²) in [6, 6.07) is 6.46. The van der Waals surface area contributed by atoms with Crippen LogP contribution in [0.5, 0.6) is 5.75 Å². The highest BCUT2D eigenvalue weighted by Crippen LogP contribution is 2.24. The molecule has 1 heterocycles. The van der Waals surface area contributed by atoms with Crippen molar-refractivity contribution in [1.82, 2.24) is 10.2 Å². The molecule has 1 saturated heterocycles. The Hall–Kier alpha value is -1.82. The standard InChI is InChI=1S/C18H28FN3O2/c1-18(2,3)16(12-24-15-7-5-4-6-14(15)19)21-13-8-10-22(11-9-13)17(20)23/h4-7,13,16,21H,8-12H2,1-3H3,(H2,20,23)/t16-/m0/s1. The first-order valence-corrected chi connectivity index (χ1v) is 8.45. The van der Waals surface area contributed by atoms with Crippen LogP contribution < -0.4 is 15.8 Å². The molecule has 2 amide bonds. The largest absolute Gasteiger partial charge is 0.489 e. The lowest BCUT2D eigenvalue weighted by Gasteiger charge is -2.38. The van der Waals surface area contributed by atoms with E-state index in [2.05, 4.69) is 26.1 Å². The summed E-state index contributed by atoms with van der Waals surface area (Å²) in [4.78, 5) is 12.9. The number of likely N-dealkylation sites (tertiary alicyclic amines) is 1. The Labute approximate surface area is 143 Å². The second-order valence-corrected chi connectivity index (χ2v) is 7.43. The summed E-state index contributed by atoms with van der Waals surface area (Å²) in [6.45, 7) is 8.12. The Morgan fingerprint density at radius 2 is 2.00 bits per heavy atom. The van der Waals surface area contributed by atoms with Crippen molar-refractivity contribution in [2.75, 3.05) is 19.7 Å². The summed E-state index contributed by atoms with van der Waals surface area (Å²) in [5, 5.41) is 3.62. The van der Waals surface area contributed by atoms with E-state index in [0.29, 0.717) is 25.7 Å². The molecule has 5 nitrogen and oxygen atoms in total. The van der Waals surface area contributed by atoms with Gasteiger partial charge in [0.05, 0.1) is 0 Å². The number of hydrogen-bond acceptors (Lipinski definition) is 3. The van der Waals surface area contributed by atoms with Crippen LogP contribution in [0.25, 0.3) is 0 Å². The summed E-state index contributed by atoms with van der Waals surface area (Å²) in [5.41, 5.74) is 5.28. The molecule has 1 atom stereocenters. The van der Waals surface area contributed by atoms with Gasteiger partial charge in [-0.25, -0.2) is 9.18 Å². The Morgan fingerprint density at radius 3 is 2.54 bits per heavy atom. The maximum Gasteiger partial charge on any atom is 0.314 e. The second kappa shape index (κ2) is 7.83. The normalized spacial score (nSPS) is 17.6. The van der Waals surface area contributed by atoms with E-state index >= 15 is 0 Å². The van der Waals surface area contributed by atoms with E-state index in [1.165, 1.54) is 6.07 Å². The predicted octanol–water partition coefficient (Wildman–Crippen LogP) is 2.75. The third-order valence-electron chi connectivity index (χ3n) is 4.53. The summed E-state index contributed by atoms with van der Waals surface area (Å²) in [7, 11) is 0. The lowest BCUT2D eigenvalue weighted by Crippen LogP contribution is -2.53. The molecule has 0 aromatic heterocycles. The van der Waals surface area contributed by atoms with Gasteiger partial charge in [-0.3, -0.25) is 0 Å². The number of benzene rings is 1. The average molecular weight is 337 g/mol. The van der Waals surface area contributed by atoms with Crippen LogP contribution in [0.3, 0.4) is 0 Å². The van der Waals surface area contributed by atoms with Crippen molar-refractivity contribution in [3.63, 3.8) is 0 Å². The lowest BCUT2D eigenvalue weighted by molar-refractivity contribution is 0.135. The fourth-order valence-electron chi connectivity index (χ4n) is 2.83. The number of hydrogen-bond donors (Lipinski definition) is 2. The molecule has 1 aromatic carbocycles. The van der Waals surface area contributed by atoms with Crippen molar-refractivity contribution in [3.8, 4) is 5.75 Å². The maximum absolute atomic E-state index is 13.7. The van der Waals surface area contributed by atoms with E-state index in [1.807, 2.05) is 0 Å². The first-order chi connectivity index (χ1) is 11.3. The van der Waals surface area contributed by atoms with Gasteiger partial charge in [-0.05, 0) is 30.4 Å². The van der Waals surface area contributed by atoms with Gasteiger partial charge >= 0.3 is 6.03 Å². The minimum absolute atomic E-state index is 0.0356. The number of amides is 2. The quantitative estimate of drug-likeness (QED) is 0.868. The minimum atomic E-state index is -0.358. The number of primary amides is 1. The Kier molecular flexibility index (Phi) is 6.04. The molecule has 3 N–H and O–H groups in total. The molecule has 0 radical (unpaired) electrons. The zero-order valence-electron chi connectivity index (χ0n) is 14.7. The van der Waals surface area contributed by atoms with E-state index in [1.54, 1.807) is 23.1 Å². The molecule has 134 valence electrons. The molecule has 1 aromatic rings. The van der Waals surface area contributed by atoms with Crippen molar-refractivity contribution >= 4 is 6.03 Å². The summed E-state index contributed by atoms with van der Waals surface area (Å²) >= 11 is 0. The number of carbonyl (C=O) groups excluding carboxylic acids is 1. The number of nitrogens with two attached hydrogens (primary N) is 1. The number of urea groups is 1. The van der Waals surface area contributed by atoms with Gasteiger partial charge in [0.15, 0.2) is 11.6 Å². The average Bonchev–Trinajstić information content (AvgIpc) is 2.52. The Balaban J connectivity index is 1.92. The number of nitrogens with zero attached hydrogens (tertiary/aromatic N) is 1. The molecule has 1 aliphatic heterocycles. The summed E-state index contributed by atoms with van der Waals surface area (Å²) < 4.78 is 19.4. The summed E-state index contributed by atoms with van der Waals surface area (Å²) in [6.07, 6.45) is 1.71. The fourth-order valence-corrected chi connectivity index (χ4v) is 2.83. The number of rotatable bonds is 5. The molecular formula is C18H28FN3O2. The topological polar surface area (TPSA) is 67.6 Å². The molecule has 1 aliphatic rings. The molecule has 1 fully saturated rings. The zero-order chi connectivity index (χ0) is 17.7. The number of para-hydroxylation sites is 1. The number of carbonyl (C=O) groups is 1. The molecule has 0 unspecified atom stereocenters. The van der Waals surface area contributed by atoms with Gasteiger partial charge in [-0.15, -0.1) is 0 Å². The highest BCUT2D eigenvalue weighted by molar-refractivity contribution is 5.72. The fraction of sp³-hybridized carbons (Fsp3) is 0.611. The number of halogens is 1. The van der Waals surface area contributed by atoms with E-state index in [9.17, 15) is 9.18 Å². The lowest BCUT2D eigenvalue weighted by atomic mass is 9.86. The van der Waals surface area contributed by atoms with E-state index in [0.717, 1.165) is 12.8 Å². The first kappa shape index (κ1) is 18.5. The molecule has 0 aliphatic carbocycles. The van der Waals surface area contributed by atoms with Crippen LogP contribution >= 0.6 is 0 Å². The van der Waals surface area contributed by atoms with E-state index < -0.39 is 0 Å². The zero-order valence-corrected chi connectivity index (χ0v) is 14.7. The molecule has 0 bridgehead atoms. The molecule has 0 spiro atoms. The van der Waals surface area contributed by atoms with Crippen molar-refractivity contribution in [2.45, 2.75) is 45.7 Å². The third-order valence-corrected chi connectivity index (χ3v) is 4.53. The van der Waals surface area contributed by atoms with Gasteiger partial charge in [-0.2, -0.15) is 0 Å². The highest BCUT2D eigenvalue weighted by Gasteiger charge is 2.30. The van der Waals surface area contributed by atoms with E-state index in [-0.39, 0.29) is 29.1 Å². The van der Waals surface area contributed by atoms with Crippen LogP contribution in [0.15, 0.2) is 24.3 Å². The Bertz CT molecular complexity index is 551. The molecule has 24 heavy (non-hydrogen) atoms. The molecule has 2 rings (SSSR count). The second-order valence-electron chi connectivity index (χ2n) is 7.43. The van der Waals surface area contributed by atoms with Gasteiger partial charge in [0.25, 0.3) is 0 Å². The summed E-state index contributed by atoms with van der Waals surface area (Å²) in [5.74, 6) is -0.0722. The van der Waals surface area contributed by atoms with E-state index in [4.69, 9.17) is 10.5 Å². The van der Waals surface area contributed by atoms with Crippen LogP contribution in [-0.2, 0) is 0 Å². The molecule has 6 heteroatoms. The SMILES string of the molecule is CC(C)(C)[C@H](COc1ccccc1F)NC1CCN(C(N)=O)CC1. The van der Waals surface area contributed by atoms with Crippen LogP contribution in [0.1, 0.15) is 33.6 Å². The smallest absolute Gasteiger partial charge is 0.314 e. The number of ether oxygens (including phenoxy) is 1. The van der Waals surface area contributed by atoms with Gasteiger partial charge in [0.1, 0.15) is 6.61 Å². The first-order valence-electron chi connectivity index (χ1n) is 8.45. The number of piperidine rings is 1. The third kappa shape index (κ3) is 5.09. The predicted molar refractivity (Wildman–Crippen MR) is 92.5 cm³/mol. The van der Waals surface area contributed by atoms with Crippen LogP contribution in [0.2, 0.25) is 0 Å². The Morgan fingerprint density at radius 1 is 1.38 bits per heavy atom. The minimum Gasteiger partial charge on any atom is -0.489 e. The van der Waals surface area contributed by atoms with Crippen molar-refractivity contribution in [3.05, 3.63) is 30.1 Å². The monoisotopic (exact) mass is 337 g/mol. The van der Waals surface area contributed by atoms with Gasteiger partial charge in [0.2, 0.25) is 0 Å². The molecular weight excluding hydrogens is 309 g/mol. The van der Waals surface area contributed by atoms with Gasteiger partial charge < -0.3 is 20.7 Å². The van der Waals surface area contributed by atoms with Crippen LogP contribution in [0, 0.1) is 11.2 Å². The van der Waals surface area contributed by atoms with Crippen LogP contribution in [0.4, 0.5) is 9.18 Å². The highest BCUT2D eigenvalue weighted by atomic mass is 19.1. The van der Waals surface area contributed by atoms with Gasteiger partial charge in [0, 0.05) is 25.2 Å². The number of nitrogens with one attached hydrogen (secondary N) is 1. The van der Waals surface area contributed by atoms with Crippen LogP contribution in [-0.4, -0.2) is 42.7 Å². The van der Waals surface area contributed by atoms with Crippen molar-refractivity contribution < 1.29 is 13.9 Å².